The lowest BCUT2D eigenvalue weighted by Crippen LogP contribution is -2.50. The molecule has 6 nitrogen and oxygen atoms in total. The molecule has 1 saturated heterocycles. The zero-order chi connectivity index (χ0) is 15.9. The van der Waals surface area contributed by atoms with Crippen molar-refractivity contribution in [3.8, 4) is 6.07 Å². The summed E-state index contributed by atoms with van der Waals surface area (Å²) in [5.74, 6) is 1.04. The van der Waals surface area contributed by atoms with Gasteiger partial charge in [0.25, 0.3) is 0 Å². The van der Waals surface area contributed by atoms with E-state index in [0.717, 1.165) is 16.9 Å². The van der Waals surface area contributed by atoms with Gasteiger partial charge in [-0.15, -0.1) is 0 Å². The van der Waals surface area contributed by atoms with E-state index in [4.69, 9.17) is 10.00 Å². The van der Waals surface area contributed by atoms with E-state index in [0.29, 0.717) is 18.7 Å². The van der Waals surface area contributed by atoms with Crippen LogP contribution >= 0.6 is 0 Å². The second-order valence-corrected chi connectivity index (χ2v) is 6.55. The number of benzene rings is 1. The fourth-order valence-corrected chi connectivity index (χ4v) is 2.42. The van der Waals surface area contributed by atoms with E-state index < -0.39 is 5.60 Å². The topological polar surface area (TPSA) is 82.0 Å². The van der Waals surface area contributed by atoms with Crippen LogP contribution in [0.1, 0.15) is 38.1 Å². The first kappa shape index (κ1) is 14.4. The molecule has 2 aromatic rings. The molecule has 1 amide bonds. The summed E-state index contributed by atoms with van der Waals surface area (Å²) in [6.45, 7) is 6.76. The third kappa shape index (κ3) is 2.75. The van der Waals surface area contributed by atoms with Gasteiger partial charge in [-0.3, -0.25) is 0 Å². The number of ether oxygens (including phenoxy) is 1. The van der Waals surface area contributed by atoms with E-state index >= 15 is 0 Å². The molecule has 0 bridgehead atoms. The fourth-order valence-electron chi connectivity index (χ4n) is 2.42. The molecule has 0 saturated carbocycles. The number of rotatable bonds is 1. The van der Waals surface area contributed by atoms with Crippen molar-refractivity contribution < 1.29 is 9.53 Å². The lowest BCUT2D eigenvalue weighted by molar-refractivity contribution is 0.00761. The van der Waals surface area contributed by atoms with Gasteiger partial charge in [0.15, 0.2) is 0 Å². The molecule has 6 heteroatoms. The average Bonchev–Trinajstić information content (AvgIpc) is 2.76. The van der Waals surface area contributed by atoms with Crippen molar-refractivity contribution in [2.24, 2.45) is 0 Å². The second kappa shape index (κ2) is 5.02. The maximum absolute atomic E-state index is 11.9. The highest BCUT2D eigenvalue weighted by molar-refractivity contribution is 5.77. The Bertz CT molecular complexity index is 761. The first-order valence-corrected chi connectivity index (χ1v) is 7.23. The van der Waals surface area contributed by atoms with Crippen LogP contribution in [0.2, 0.25) is 0 Å². The van der Waals surface area contributed by atoms with Crippen LogP contribution in [0.5, 0.6) is 0 Å². The molecule has 1 aliphatic rings. The monoisotopic (exact) mass is 298 g/mol. The molecule has 0 unspecified atom stereocenters. The van der Waals surface area contributed by atoms with Crippen molar-refractivity contribution in [3.63, 3.8) is 0 Å². The van der Waals surface area contributed by atoms with Crippen LogP contribution in [-0.2, 0) is 4.74 Å². The zero-order valence-corrected chi connectivity index (χ0v) is 12.9. The minimum absolute atomic E-state index is 0.186. The van der Waals surface area contributed by atoms with Crippen molar-refractivity contribution >= 4 is 17.1 Å². The van der Waals surface area contributed by atoms with Crippen LogP contribution < -0.4 is 0 Å². The largest absolute Gasteiger partial charge is 0.444 e. The van der Waals surface area contributed by atoms with Crippen LogP contribution in [0.15, 0.2) is 18.2 Å². The van der Waals surface area contributed by atoms with Crippen molar-refractivity contribution in [1.29, 1.82) is 5.26 Å². The quantitative estimate of drug-likeness (QED) is 0.877. The molecular weight excluding hydrogens is 280 g/mol. The van der Waals surface area contributed by atoms with Gasteiger partial charge in [0.2, 0.25) is 0 Å². The Kier molecular flexibility index (Phi) is 3.28. The number of likely N-dealkylation sites (tertiary alicyclic amines) is 1. The Morgan fingerprint density at radius 1 is 1.45 bits per heavy atom. The molecule has 1 N–H and O–H groups in total. The number of carbonyl (C=O) groups excluding carboxylic acids is 1. The molecule has 0 spiro atoms. The molecule has 2 heterocycles. The first-order valence-electron chi connectivity index (χ1n) is 7.23. The van der Waals surface area contributed by atoms with Gasteiger partial charge in [0.05, 0.1) is 28.6 Å². The third-order valence-corrected chi connectivity index (χ3v) is 3.55. The van der Waals surface area contributed by atoms with E-state index in [1.165, 1.54) is 0 Å². The van der Waals surface area contributed by atoms with Crippen molar-refractivity contribution in [3.05, 3.63) is 29.6 Å². The summed E-state index contributed by atoms with van der Waals surface area (Å²) in [6, 6.07) is 7.48. The maximum Gasteiger partial charge on any atom is 0.410 e. The molecule has 22 heavy (non-hydrogen) atoms. The minimum atomic E-state index is -0.477. The van der Waals surface area contributed by atoms with E-state index in [1.54, 1.807) is 17.0 Å². The first-order chi connectivity index (χ1) is 10.4. The molecule has 0 atom stereocenters. The number of hydrogen-bond donors (Lipinski definition) is 1. The van der Waals surface area contributed by atoms with Gasteiger partial charge in [0.1, 0.15) is 11.4 Å². The number of fused-ring (bicyclic) bond motifs is 1. The average molecular weight is 298 g/mol. The SMILES string of the molecule is CC(C)(C)OC(=O)N1CC(c2nc3ccc(C#N)cc3[nH]2)C1. The summed E-state index contributed by atoms with van der Waals surface area (Å²) in [7, 11) is 0. The third-order valence-electron chi connectivity index (χ3n) is 3.55. The summed E-state index contributed by atoms with van der Waals surface area (Å²) in [6.07, 6.45) is -0.286. The predicted molar refractivity (Wildman–Crippen MR) is 81.4 cm³/mol. The highest BCUT2D eigenvalue weighted by Gasteiger charge is 2.36. The smallest absolute Gasteiger partial charge is 0.410 e. The fraction of sp³-hybridized carbons (Fsp3) is 0.438. The van der Waals surface area contributed by atoms with E-state index in [9.17, 15) is 4.79 Å². The molecule has 3 rings (SSSR count). The Balaban J connectivity index is 1.68. The summed E-state index contributed by atoms with van der Waals surface area (Å²) in [4.78, 5) is 21.4. The van der Waals surface area contributed by atoms with Crippen molar-refractivity contribution in [2.45, 2.75) is 32.3 Å². The van der Waals surface area contributed by atoms with Crippen molar-refractivity contribution in [1.82, 2.24) is 14.9 Å². The standard InChI is InChI=1S/C16H18N4O2/c1-16(2,3)22-15(21)20-8-11(9-20)14-18-12-5-4-10(7-17)6-13(12)19-14/h4-6,11H,8-9H2,1-3H3,(H,18,19). The van der Waals surface area contributed by atoms with E-state index in [1.807, 2.05) is 26.8 Å². The highest BCUT2D eigenvalue weighted by atomic mass is 16.6. The number of imidazole rings is 1. The molecule has 1 fully saturated rings. The van der Waals surface area contributed by atoms with E-state index in [2.05, 4.69) is 16.0 Å². The normalized spacial score (nSPS) is 15.5. The molecule has 0 aliphatic carbocycles. The van der Waals surface area contributed by atoms with Gasteiger partial charge < -0.3 is 14.6 Å². The number of hydrogen-bond acceptors (Lipinski definition) is 4. The maximum atomic E-state index is 11.9. The Hall–Kier alpha value is -2.55. The Labute approximate surface area is 128 Å². The molecule has 0 radical (unpaired) electrons. The second-order valence-electron chi connectivity index (χ2n) is 6.55. The van der Waals surface area contributed by atoms with Gasteiger partial charge in [0, 0.05) is 13.1 Å². The summed E-state index contributed by atoms with van der Waals surface area (Å²) in [5, 5.41) is 8.92. The molecular formula is C16H18N4O2. The van der Waals surface area contributed by atoms with Gasteiger partial charge in [-0.05, 0) is 39.0 Å². The van der Waals surface area contributed by atoms with Gasteiger partial charge >= 0.3 is 6.09 Å². The number of nitrogens with zero attached hydrogens (tertiary/aromatic N) is 3. The Morgan fingerprint density at radius 2 is 2.18 bits per heavy atom. The number of nitriles is 1. The number of amides is 1. The van der Waals surface area contributed by atoms with Crippen LogP contribution in [-0.4, -0.2) is 39.7 Å². The van der Waals surface area contributed by atoms with Crippen LogP contribution in [0.4, 0.5) is 4.79 Å². The van der Waals surface area contributed by atoms with Crippen LogP contribution in [0.3, 0.4) is 0 Å². The van der Waals surface area contributed by atoms with Gasteiger partial charge in [-0.2, -0.15) is 5.26 Å². The van der Waals surface area contributed by atoms with Gasteiger partial charge in [-0.25, -0.2) is 9.78 Å². The summed E-state index contributed by atoms with van der Waals surface area (Å²) >= 11 is 0. The van der Waals surface area contributed by atoms with Crippen LogP contribution in [0, 0.1) is 11.3 Å². The minimum Gasteiger partial charge on any atom is -0.444 e. The number of aromatic nitrogens is 2. The lowest BCUT2D eigenvalue weighted by atomic mass is 10.0. The number of aromatic amines is 1. The molecule has 114 valence electrons. The Morgan fingerprint density at radius 3 is 2.82 bits per heavy atom. The van der Waals surface area contributed by atoms with Crippen LogP contribution in [0.25, 0.3) is 11.0 Å². The van der Waals surface area contributed by atoms with E-state index in [-0.39, 0.29) is 12.0 Å². The number of carbonyl (C=O) groups is 1. The van der Waals surface area contributed by atoms with Crippen molar-refractivity contribution in [2.75, 3.05) is 13.1 Å². The zero-order valence-electron chi connectivity index (χ0n) is 12.9. The number of H-pyrrole nitrogens is 1. The predicted octanol–water partition coefficient (Wildman–Crippen LogP) is 2.77. The summed E-state index contributed by atoms with van der Waals surface area (Å²) < 4.78 is 5.34. The summed E-state index contributed by atoms with van der Waals surface area (Å²) in [5.41, 5.74) is 1.82. The lowest BCUT2D eigenvalue weighted by Gasteiger charge is -2.38. The molecule has 1 aliphatic heterocycles. The molecule has 1 aromatic carbocycles. The highest BCUT2D eigenvalue weighted by Crippen LogP contribution is 2.28. The molecule has 1 aromatic heterocycles. The number of nitrogens with one attached hydrogen (secondary N) is 1. The van der Waals surface area contributed by atoms with Gasteiger partial charge in [-0.1, -0.05) is 0 Å².